The minimum absolute atomic E-state index is 0.0834. The lowest BCUT2D eigenvalue weighted by molar-refractivity contribution is 0.0430. The molecule has 0 aliphatic carbocycles. The minimum atomic E-state index is -0.538. The van der Waals surface area contributed by atoms with Gasteiger partial charge in [0.2, 0.25) is 0 Å². The maximum Gasteiger partial charge on any atom is 0.338 e. The first-order valence-corrected chi connectivity index (χ1v) is 5.73. The molecular formula is C11H8Cl2N2O3. The van der Waals surface area contributed by atoms with Gasteiger partial charge in [-0.05, 0) is 25.1 Å². The lowest BCUT2D eigenvalue weighted by atomic mass is 10.2. The summed E-state index contributed by atoms with van der Waals surface area (Å²) in [5.74, 6) is 0.181. The molecule has 1 aromatic carbocycles. The summed E-state index contributed by atoms with van der Waals surface area (Å²) in [6.07, 6.45) is 0. The van der Waals surface area contributed by atoms with Gasteiger partial charge in [0.1, 0.15) is 0 Å². The Morgan fingerprint density at radius 1 is 1.39 bits per heavy atom. The Kier molecular flexibility index (Phi) is 3.84. The zero-order chi connectivity index (χ0) is 13.1. The summed E-state index contributed by atoms with van der Waals surface area (Å²) in [6.45, 7) is 1.59. The van der Waals surface area contributed by atoms with Crippen LogP contribution in [0, 0.1) is 6.92 Å². The van der Waals surface area contributed by atoms with Crippen molar-refractivity contribution in [3.8, 4) is 0 Å². The number of hydrogen-bond acceptors (Lipinski definition) is 5. The van der Waals surface area contributed by atoms with Crippen molar-refractivity contribution in [2.75, 3.05) is 0 Å². The Labute approximate surface area is 113 Å². The fourth-order valence-electron chi connectivity index (χ4n) is 1.23. The van der Waals surface area contributed by atoms with E-state index in [-0.39, 0.29) is 12.5 Å². The van der Waals surface area contributed by atoms with E-state index in [2.05, 4.69) is 10.1 Å². The SMILES string of the molecule is Cc1noc(COC(=O)c2ccc(Cl)c(Cl)c2)n1. The summed E-state index contributed by atoms with van der Waals surface area (Å²) in [4.78, 5) is 15.6. The molecule has 0 saturated heterocycles. The second-order valence-electron chi connectivity index (χ2n) is 3.44. The third-order valence-corrected chi connectivity index (χ3v) is 2.79. The van der Waals surface area contributed by atoms with Gasteiger partial charge in [-0.3, -0.25) is 0 Å². The predicted octanol–water partition coefficient (Wildman–Crippen LogP) is 3.04. The van der Waals surface area contributed by atoms with Crippen LogP contribution in [-0.2, 0) is 11.3 Å². The van der Waals surface area contributed by atoms with Crippen LogP contribution in [0.2, 0.25) is 10.0 Å². The average Bonchev–Trinajstić information content (AvgIpc) is 2.75. The zero-order valence-electron chi connectivity index (χ0n) is 9.31. The fourth-order valence-corrected chi connectivity index (χ4v) is 1.53. The lowest BCUT2D eigenvalue weighted by Crippen LogP contribution is -2.05. The molecule has 0 saturated carbocycles. The van der Waals surface area contributed by atoms with E-state index in [1.165, 1.54) is 18.2 Å². The van der Waals surface area contributed by atoms with Crippen molar-refractivity contribution in [1.29, 1.82) is 0 Å². The molecule has 1 aromatic heterocycles. The summed E-state index contributed by atoms with van der Waals surface area (Å²) >= 11 is 11.5. The second kappa shape index (κ2) is 5.37. The van der Waals surface area contributed by atoms with Gasteiger partial charge in [0, 0.05) is 0 Å². The number of hydrogen-bond donors (Lipinski definition) is 0. The summed E-state index contributed by atoms with van der Waals surface area (Å²) in [5, 5.41) is 4.24. The molecule has 0 atom stereocenters. The van der Waals surface area contributed by atoms with Crippen LogP contribution in [0.5, 0.6) is 0 Å². The van der Waals surface area contributed by atoms with E-state index >= 15 is 0 Å². The number of nitrogens with zero attached hydrogens (tertiary/aromatic N) is 2. The molecule has 2 aromatic rings. The molecule has 0 bridgehead atoms. The highest BCUT2D eigenvalue weighted by Gasteiger charge is 2.11. The quantitative estimate of drug-likeness (QED) is 0.812. The van der Waals surface area contributed by atoms with Crippen LogP contribution in [0.1, 0.15) is 22.1 Å². The number of benzene rings is 1. The summed E-state index contributed by atoms with van der Waals surface area (Å²) in [6, 6.07) is 4.48. The Hall–Kier alpha value is -1.59. The van der Waals surface area contributed by atoms with Gasteiger partial charge in [-0.25, -0.2) is 4.79 Å². The fraction of sp³-hybridized carbons (Fsp3) is 0.182. The first kappa shape index (κ1) is 12.9. The van der Waals surface area contributed by atoms with Crippen LogP contribution in [0.15, 0.2) is 22.7 Å². The number of aromatic nitrogens is 2. The van der Waals surface area contributed by atoms with Crippen molar-refractivity contribution in [2.45, 2.75) is 13.5 Å². The van der Waals surface area contributed by atoms with Gasteiger partial charge in [-0.15, -0.1) is 0 Å². The first-order chi connectivity index (χ1) is 8.56. The Bertz CT molecular complexity index is 583. The molecule has 0 N–H and O–H groups in total. The molecule has 94 valence electrons. The van der Waals surface area contributed by atoms with E-state index in [1.807, 2.05) is 0 Å². The normalized spacial score (nSPS) is 10.4. The first-order valence-electron chi connectivity index (χ1n) is 4.97. The molecule has 5 nitrogen and oxygen atoms in total. The van der Waals surface area contributed by atoms with Crippen molar-refractivity contribution in [3.05, 3.63) is 45.5 Å². The number of halogens is 2. The van der Waals surface area contributed by atoms with Crippen LogP contribution in [-0.4, -0.2) is 16.1 Å². The molecule has 1 heterocycles. The highest BCUT2D eigenvalue weighted by atomic mass is 35.5. The second-order valence-corrected chi connectivity index (χ2v) is 4.25. The van der Waals surface area contributed by atoms with Gasteiger partial charge >= 0.3 is 5.97 Å². The smallest absolute Gasteiger partial charge is 0.338 e. The molecule has 0 unspecified atom stereocenters. The van der Waals surface area contributed by atoms with E-state index < -0.39 is 5.97 Å². The molecule has 0 aliphatic rings. The Balaban J connectivity index is 2.01. The molecule has 0 radical (unpaired) electrons. The van der Waals surface area contributed by atoms with Crippen molar-refractivity contribution in [1.82, 2.24) is 10.1 Å². The molecule has 0 fully saturated rings. The molecular weight excluding hydrogens is 279 g/mol. The van der Waals surface area contributed by atoms with Crippen LogP contribution < -0.4 is 0 Å². The maximum absolute atomic E-state index is 11.7. The number of aryl methyl sites for hydroxylation is 1. The number of rotatable bonds is 3. The Morgan fingerprint density at radius 3 is 2.78 bits per heavy atom. The third kappa shape index (κ3) is 3.00. The van der Waals surface area contributed by atoms with E-state index in [0.717, 1.165) is 0 Å². The largest absolute Gasteiger partial charge is 0.452 e. The molecule has 0 spiro atoms. The highest BCUT2D eigenvalue weighted by Crippen LogP contribution is 2.23. The van der Waals surface area contributed by atoms with E-state index in [1.54, 1.807) is 6.92 Å². The van der Waals surface area contributed by atoms with Gasteiger partial charge in [0.15, 0.2) is 12.4 Å². The van der Waals surface area contributed by atoms with Crippen molar-refractivity contribution in [3.63, 3.8) is 0 Å². The number of ether oxygens (including phenoxy) is 1. The van der Waals surface area contributed by atoms with Crippen LogP contribution in [0.4, 0.5) is 0 Å². The average molecular weight is 287 g/mol. The molecule has 2 rings (SSSR count). The van der Waals surface area contributed by atoms with E-state index in [0.29, 0.717) is 21.4 Å². The van der Waals surface area contributed by atoms with Gasteiger partial charge in [-0.1, -0.05) is 28.4 Å². The highest BCUT2D eigenvalue weighted by molar-refractivity contribution is 6.42. The van der Waals surface area contributed by atoms with Crippen LogP contribution in [0.3, 0.4) is 0 Å². The van der Waals surface area contributed by atoms with Gasteiger partial charge in [-0.2, -0.15) is 4.98 Å². The summed E-state index contributed by atoms with van der Waals surface area (Å²) in [5.41, 5.74) is 0.306. The number of esters is 1. The van der Waals surface area contributed by atoms with E-state index in [9.17, 15) is 4.79 Å². The Morgan fingerprint density at radius 2 is 2.17 bits per heavy atom. The molecule has 0 aliphatic heterocycles. The topological polar surface area (TPSA) is 65.2 Å². The van der Waals surface area contributed by atoms with Gasteiger partial charge in [0.05, 0.1) is 15.6 Å². The monoisotopic (exact) mass is 286 g/mol. The third-order valence-electron chi connectivity index (χ3n) is 2.05. The van der Waals surface area contributed by atoms with Crippen molar-refractivity contribution < 1.29 is 14.1 Å². The van der Waals surface area contributed by atoms with E-state index in [4.69, 9.17) is 32.5 Å². The molecule has 7 heteroatoms. The summed E-state index contributed by atoms with van der Waals surface area (Å²) < 4.78 is 9.79. The van der Waals surface area contributed by atoms with Crippen LogP contribution >= 0.6 is 23.2 Å². The lowest BCUT2D eigenvalue weighted by Gasteiger charge is -2.03. The number of carbonyl (C=O) groups excluding carboxylic acids is 1. The van der Waals surface area contributed by atoms with Gasteiger partial charge in [0.25, 0.3) is 5.89 Å². The predicted molar refractivity (Wildman–Crippen MR) is 64.6 cm³/mol. The van der Waals surface area contributed by atoms with Crippen LogP contribution in [0.25, 0.3) is 0 Å². The maximum atomic E-state index is 11.7. The summed E-state index contributed by atoms with van der Waals surface area (Å²) in [7, 11) is 0. The minimum Gasteiger partial charge on any atom is -0.452 e. The standard InChI is InChI=1S/C11H8Cl2N2O3/c1-6-14-10(18-15-6)5-17-11(16)7-2-3-8(12)9(13)4-7/h2-4H,5H2,1H3. The van der Waals surface area contributed by atoms with Crippen molar-refractivity contribution >= 4 is 29.2 Å². The number of carbonyl (C=O) groups is 1. The van der Waals surface area contributed by atoms with Crippen molar-refractivity contribution in [2.24, 2.45) is 0 Å². The van der Waals surface area contributed by atoms with Gasteiger partial charge < -0.3 is 9.26 Å². The molecule has 0 amide bonds. The molecule has 18 heavy (non-hydrogen) atoms. The zero-order valence-corrected chi connectivity index (χ0v) is 10.8.